The van der Waals surface area contributed by atoms with E-state index in [0.717, 1.165) is 23.7 Å². The molecule has 0 aromatic heterocycles. The highest BCUT2D eigenvalue weighted by molar-refractivity contribution is 5.05. The summed E-state index contributed by atoms with van der Waals surface area (Å²) in [5.74, 6) is 4.56. The van der Waals surface area contributed by atoms with Gasteiger partial charge in [0, 0.05) is 0 Å². The van der Waals surface area contributed by atoms with E-state index >= 15 is 0 Å². The zero-order valence-electron chi connectivity index (χ0n) is 8.34. The molecule has 0 heteroatoms. The monoisotopic (exact) mass is 164 g/mol. The highest BCUT2D eigenvalue weighted by Gasteiger charge is 2.56. The molecule has 3 aliphatic carbocycles. The lowest BCUT2D eigenvalue weighted by Crippen LogP contribution is -2.27. The van der Waals surface area contributed by atoms with Crippen LogP contribution >= 0.6 is 0 Å². The van der Waals surface area contributed by atoms with Crippen molar-refractivity contribution in [3.8, 4) is 0 Å². The summed E-state index contributed by atoms with van der Waals surface area (Å²) in [6, 6.07) is 0. The van der Waals surface area contributed by atoms with E-state index in [2.05, 4.69) is 13.8 Å². The van der Waals surface area contributed by atoms with Crippen molar-refractivity contribution in [1.29, 1.82) is 0 Å². The fourth-order valence-corrected chi connectivity index (χ4v) is 4.75. The Morgan fingerprint density at radius 1 is 1.00 bits per heavy atom. The van der Waals surface area contributed by atoms with Gasteiger partial charge in [0.2, 0.25) is 0 Å². The van der Waals surface area contributed by atoms with Crippen LogP contribution in [0.15, 0.2) is 0 Å². The van der Waals surface area contributed by atoms with E-state index in [1.54, 1.807) is 25.7 Å². The maximum Gasteiger partial charge on any atom is -0.0303 e. The minimum atomic E-state index is 0.699. The van der Waals surface area contributed by atoms with Gasteiger partial charge in [-0.1, -0.05) is 13.8 Å². The van der Waals surface area contributed by atoms with Crippen LogP contribution in [0.5, 0.6) is 0 Å². The molecule has 4 atom stereocenters. The second-order valence-electron chi connectivity index (χ2n) is 6.05. The first-order chi connectivity index (χ1) is 5.68. The standard InChI is InChI=1S/C12H20/c1-12(2)6-5-10-8-3-4-9(7-8)11(10)12/h8-11H,3-7H2,1-2H3. The summed E-state index contributed by atoms with van der Waals surface area (Å²) in [7, 11) is 0. The maximum absolute atomic E-state index is 2.51. The first-order valence-electron chi connectivity index (χ1n) is 5.68. The third-order valence-electron chi connectivity index (χ3n) is 5.11. The topological polar surface area (TPSA) is 0 Å². The number of fused-ring (bicyclic) bond motifs is 5. The van der Waals surface area contributed by atoms with Crippen molar-refractivity contribution in [3.05, 3.63) is 0 Å². The van der Waals surface area contributed by atoms with Crippen molar-refractivity contribution in [2.24, 2.45) is 29.1 Å². The summed E-state index contributed by atoms with van der Waals surface area (Å²) >= 11 is 0. The molecule has 4 unspecified atom stereocenters. The molecule has 0 aliphatic heterocycles. The van der Waals surface area contributed by atoms with Gasteiger partial charge in [0.1, 0.15) is 0 Å². The lowest BCUT2D eigenvalue weighted by molar-refractivity contribution is 0.149. The molecule has 68 valence electrons. The first kappa shape index (κ1) is 7.41. The van der Waals surface area contributed by atoms with E-state index in [9.17, 15) is 0 Å². The number of hydrogen-bond donors (Lipinski definition) is 0. The first-order valence-corrected chi connectivity index (χ1v) is 5.68. The smallest absolute Gasteiger partial charge is 0.0303 e. The number of rotatable bonds is 0. The predicted molar refractivity (Wildman–Crippen MR) is 50.8 cm³/mol. The summed E-state index contributed by atoms with van der Waals surface area (Å²) in [5, 5.41) is 0. The Kier molecular flexibility index (Phi) is 1.28. The van der Waals surface area contributed by atoms with Crippen LogP contribution in [-0.4, -0.2) is 0 Å². The van der Waals surface area contributed by atoms with Crippen LogP contribution in [-0.2, 0) is 0 Å². The second kappa shape index (κ2) is 2.08. The van der Waals surface area contributed by atoms with E-state index in [1.165, 1.54) is 6.42 Å². The predicted octanol–water partition coefficient (Wildman–Crippen LogP) is 3.47. The Hall–Kier alpha value is 0. The van der Waals surface area contributed by atoms with Crippen LogP contribution in [0.25, 0.3) is 0 Å². The molecule has 0 heterocycles. The van der Waals surface area contributed by atoms with Crippen molar-refractivity contribution in [1.82, 2.24) is 0 Å². The Morgan fingerprint density at radius 3 is 2.50 bits per heavy atom. The van der Waals surface area contributed by atoms with Crippen LogP contribution in [0.1, 0.15) is 46.0 Å². The normalized spacial score (nSPS) is 54.5. The fraction of sp³-hybridized carbons (Fsp3) is 1.00. The van der Waals surface area contributed by atoms with Gasteiger partial charge in [0.25, 0.3) is 0 Å². The van der Waals surface area contributed by atoms with E-state index in [-0.39, 0.29) is 0 Å². The van der Waals surface area contributed by atoms with Gasteiger partial charge in [0.15, 0.2) is 0 Å². The molecule has 3 fully saturated rings. The molecule has 3 rings (SSSR count). The third-order valence-corrected chi connectivity index (χ3v) is 5.11. The maximum atomic E-state index is 2.51. The summed E-state index contributed by atoms with van der Waals surface area (Å²) < 4.78 is 0. The molecule has 0 spiro atoms. The van der Waals surface area contributed by atoms with Crippen LogP contribution in [0.4, 0.5) is 0 Å². The lowest BCUT2D eigenvalue weighted by Gasteiger charge is -2.34. The molecule has 12 heavy (non-hydrogen) atoms. The van der Waals surface area contributed by atoms with Gasteiger partial charge in [-0.25, -0.2) is 0 Å². The van der Waals surface area contributed by atoms with Gasteiger partial charge in [-0.2, -0.15) is 0 Å². The number of hydrogen-bond acceptors (Lipinski definition) is 0. The zero-order valence-corrected chi connectivity index (χ0v) is 8.34. The average Bonchev–Trinajstić information content (AvgIpc) is 2.61. The van der Waals surface area contributed by atoms with Gasteiger partial charge in [-0.3, -0.25) is 0 Å². The van der Waals surface area contributed by atoms with Crippen molar-refractivity contribution in [3.63, 3.8) is 0 Å². The van der Waals surface area contributed by atoms with Crippen LogP contribution < -0.4 is 0 Å². The Bertz CT molecular complexity index is 204. The molecule has 0 nitrogen and oxygen atoms in total. The van der Waals surface area contributed by atoms with E-state index < -0.39 is 0 Å². The molecule has 0 saturated heterocycles. The zero-order chi connectivity index (χ0) is 8.34. The van der Waals surface area contributed by atoms with Gasteiger partial charge in [-0.15, -0.1) is 0 Å². The molecule has 0 N–H and O–H groups in total. The molecule has 0 amide bonds. The molecular weight excluding hydrogens is 144 g/mol. The second-order valence-corrected chi connectivity index (χ2v) is 6.05. The Morgan fingerprint density at radius 2 is 1.75 bits per heavy atom. The largest absolute Gasteiger partial charge is 0.0596 e. The Labute approximate surface area is 75.7 Å². The third kappa shape index (κ3) is 0.744. The van der Waals surface area contributed by atoms with Gasteiger partial charge in [-0.05, 0) is 61.2 Å². The lowest BCUT2D eigenvalue weighted by atomic mass is 9.71. The minimum Gasteiger partial charge on any atom is -0.0596 e. The van der Waals surface area contributed by atoms with Crippen molar-refractivity contribution in [2.75, 3.05) is 0 Å². The fourth-order valence-electron chi connectivity index (χ4n) is 4.75. The van der Waals surface area contributed by atoms with Crippen LogP contribution in [0, 0.1) is 29.1 Å². The van der Waals surface area contributed by atoms with Gasteiger partial charge in [0.05, 0.1) is 0 Å². The SMILES string of the molecule is CC1(C)CCC2C3CCC(C3)C21. The molecule has 0 aromatic rings. The molecule has 3 saturated carbocycles. The van der Waals surface area contributed by atoms with Crippen molar-refractivity contribution >= 4 is 0 Å². The van der Waals surface area contributed by atoms with Crippen molar-refractivity contribution in [2.45, 2.75) is 46.0 Å². The van der Waals surface area contributed by atoms with Crippen LogP contribution in [0.2, 0.25) is 0 Å². The molecular formula is C12H20. The quantitative estimate of drug-likeness (QED) is 0.514. The summed E-state index contributed by atoms with van der Waals surface area (Å²) in [6.45, 7) is 5.02. The minimum absolute atomic E-state index is 0.699. The summed E-state index contributed by atoms with van der Waals surface area (Å²) in [6.07, 6.45) is 7.80. The highest BCUT2D eigenvalue weighted by atomic mass is 14.6. The van der Waals surface area contributed by atoms with E-state index in [0.29, 0.717) is 5.41 Å². The summed E-state index contributed by atoms with van der Waals surface area (Å²) in [5.41, 5.74) is 0.699. The summed E-state index contributed by atoms with van der Waals surface area (Å²) in [4.78, 5) is 0. The highest BCUT2D eigenvalue weighted by Crippen LogP contribution is 2.64. The van der Waals surface area contributed by atoms with Crippen molar-refractivity contribution < 1.29 is 0 Å². The molecule has 2 bridgehead atoms. The van der Waals surface area contributed by atoms with Crippen LogP contribution in [0.3, 0.4) is 0 Å². The average molecular weight is 164 g/mol. The Balaban J connectivity index is 1.95. The van der Waals surface area contributed by atoms with Gasteiger partial charge < -0.3 is 0 Å². The van der Waals surface area contributed by atoms with E-state index in [4.69, 9.17) is 0 Å². The van der Waals surface area contributed by atoms with Gasteiger partial charge >= 0.3 is 0 Å². The molecule has 0 aromatic carbocycles. The van der Waals surface area contributed by atoms with E-state index in [1.807, 2.05) is 0 Å². The molecule has 3 aliphatic rings. The molecule has 0 radical (unpaired) electrons.